The molecule has 36 heavy (non-hydrogen) atoms. The Balaban J connectivity index is 1.13. The summed E-state index contributed by atoms with van der Waals surface area (Å²) in [6.07, 6.45) is 1.87. The maximum Gasteiger partial charge on any atom is 0.165 e. The van der Waals surface area contributed by atoms with Crippen LogP contribution < -0.4 is 9.64 Å². The van der Waals surface area contributed by atoms with Gasteiger partial charge in [-0.1, -0.05) is 66.2 Å². The van der Waals surface area contributed by atoms with Gasteiger partial charge in [-0.25, -0.2) is 4.98 Å². The van der Waals surface area contributed by atoms with Gasteiger partial charge >= 0.3 is 0 Å². The van der Waals surface area contributed by atoms with Crippen molar-refractivity contribution in [2.45, 2.75) is 6.92 Å². The van der Waals surface area contributed by atoms with Crippen molar-refractivity contribution in [1.82, 2.24) is 19.5 Å². The zero-order valence-corrected chi connectivity index (χ0v) is 21.0. The van der Waals surface area contributed by atoms with E-state index in [0.717, 1.165) is 72.1 Å². The van der Waals surface area contributed by atoms with Crippen LogP contribution >= 0.6 is 11.6 Å². The molecule has 6 rings (SSSR count). The van der Waals surface area contributed by atoms with Crippen LogP contribution in [0.1, 0.15) is 5.69 Å². The fourth-order valence-electron chi connectivity index (χ4n) is 4.97. The minimum Gasteiger partial charge on any atom is -0.492 e. The van der Waals surface area contributed by atoms with E-state index < -0.39 is 0 Å². The number of halogens is 1. The molecule has 0 amide bonds. The molecule has 0 aliphatic carbocycles. The van der Waals surface area contributed by atoms with Crippen molar-refractivity contribution in [3.63, 3.8) is 0 Å². The third kappa shape index (κ3) is 4.38. The van der Waals surface area contributed by atoms with Gasteiger partial charge in [-0.15, -0.1) is 0 Å². The third-order valence-electron chi connectivity index (χ3n) is 6.86. The van der Waals surface area contributed by atoms with Gasteiger partial charge in [-0.05, 0) is 24.4 Å². The quantitative estimate of drug-likeness (QED) is 0.300. The largest absolute Gasteiger partial charge is 0.492 e. The number of hydrogen-bond donors (Lipinski definition) is 0. The topological polar surface area (TPSA) is 45.9 Å². The highest BCUT2D eigenvalue weighted by molar-refractivity contribution is 6.33. The van der Waals surface area contributed by atoms with E-state index in [1.54, 1.807) is 0 Å². The molecule has 2 aromatic heterocycles. The van der Waals surface area contributed by atoms with Crippen molar-refractivity contribution in [2.75, 3.05) is 44.2 Å². The summed E-state index contributed by atoms with van der Waals surface area (Å²) >= 11 is 6.48. The lowest BCUT2D eigenvalue weighted by Gasteiger charge is -2.36. The van der Waals surface area contributed by atoms with Gasteiger partial charge in [0.2, 0.25) is 0 Å². The number of ether oxygens (including phenoxy) is 1. The second-order valence-electron chi connectivity index (χ2n) is 9.18. The lowest BCUT2D eigenvalue weighted by atomic mass is 10.1. The van der Waals surface area contributed by atoms with Crippen LogP contribution in [0, 0.1) is 6.92 Å². The van der Waals surface area contributed by atoms with Gasteiger partial charge in [-0.3, -0.25) is 4.90 Å². The van der Waals surface area contributed by atoms with Crippen molar-refractivity contribution < 1.29 is 4.74 Å². The summed E-state index contributed by atoms with van der Waals surface area (Å²) < 4.78 is 8.12. The van der Waals surface area contributed by atoms with Gasteiger partial charge in [0.05, 0.1) is 6.20 Å². The Bertz CT molecular complexity index is 1520. The molecule has 0 spiro atoms. The number of benzene rings is 3. The second kappa shape index (κ2) is 9.80. The van der Waals surface area contributed by atoms with E-state index in [4.69, 9.17) is 26.4 Å². The molecule has 0 atom stereocenters. The minimum absolute atomic E-state index is 0.674. The molecule has 7 heteroatoms. The second-order valence-corrected chi connectivity index (χ2v) is 9.59. The number of piperazine rings is 1. The number of rotatable bonds is 6. The number of nitrogens with zero attached hydrogens (tertiary/aromatic N) is 5. The Labute approximate surface area is 215 Å². The minimum atomic E-state index is 0.674. The third-order valence-corrected chi connectivity index (χ3v) is 7.19. The van der Waals surface area contributed by atoms with Crippen LogP contribution in [0.3, 0.4) is 0 Å². The van der Waals surface area contributed by atoms with Gasteiger partial charge in [0.15, 0.2) is 5.65 Å². The average molecular weight is 498 g/mol. The van der Waals surface area contributed by atoms with Gasteiger partial charge in [0.25, 0.3) is 0 Å². The molecule has 0 N–H and O–H groups in total. The van der Waals surface area contributed by atoms with E-state index in [2.05, 4.69) is 58.3 Å². The zero-order valence-electron chi connectivity index (χ0n) is 20.3. The molecule has 6 nitrogen and oxygen atoms in total. The number of aromatic nitrogens is 3. The number of fused-ring (bicyclic) bond motifs is 2. The van der Waals surface area contributed by atoms with E-state index in [-0.39, 0.29) is 0 Å². The lowest BCUT2D eigenvalue weighted by Crippen LogP contribution is -2.48. The van der Waals surface area contributed by atoms with Gasteiger partial charge in [-0.2, -0.15) is 9.61 Å². The highest BCUT2D eigenvalue weighted by Gasteiger charge is 2.22. The molecule has 0 radical (unpaired) electrons. The Kier molecular flexibility index (Phi) is 6.21. The predicted molar refractivity (Wildman–Crippen MR) is 146 cm³/mol. The van der Waals surface area contributed by atoms with Gasteiger partial charge in [0, 0.05) is 66.0 Å². The van der Waals surface area contributed by atoms with Crippen LogP contribution in [0.25, 0.3) is 27.5 Å². The highest BCUT2D eigenvalue weighted by Crippen LogP contribution is 2.32. The zero-order chi connectivity index (χ0) is 24.5. The molecule has 5 aromatic rings. The molecule has 0 unspecified atom stereocenters. The molecular weight excluding hydrogens is 470 g/mol. The smallest absolute Gasteiger partial charge is 0.165 e. The monoisotopic (exact) mass is 497 g/mol. The Hall–Kier alpha value is -3.61. The predicted octanol–water partition coefficient (Wildman–Crippen LogP) is 5.71. The first kappa shape index (κ1) is 22.8. The standard InChI is InChI=1S/C29H28ClN5O/c1-21-19-28(35-29(32-21)25(20-31-35)24-10-4-5-11-26(24)30)34-15-13-33(14-16-34)17-18-36-27-12-6-8-22-7-2-3-9-23(22)27/h2-12,19-20H,13-18H2,1H3. The molecule has 1 aliphatic heterocycles. The Morgan fingerprint density at radius 1 is 0.889 bits per heavy atom. The molecular formula is C29H28ClN5O. The summed E-state index contributed by atoms with van der Waals surface area (Å²) in [4.78, 5) is 9.66. The van der Waals surface area contributed by atoms with E-state index in [1.807, 2.05) is 41.9 Å². The number of hydrogen-bond acceptors (Lipinski definition) is 5. The Morgan fingerprint density at radius 2 is 1.67 bits per heavy atom. The molecule has 0 bridgehead atoms. The first-order chi connectivity index (χ1) is 17.7. The van der Waals surface area contributed by atoms with Crippen LogP contribution in [0.15, 0.2) is 79.0 Å². The van der Waals surface area contributed by atoms with Crippen LogP contribution in [-0.2, 0) is 0 Å². The van der Waals surface area contributed by atoms with E-state index in [0.29, 0.717) is 11.6 Å². The van der Waals surface area contributed by atoms with Crippen molar-refractivity contribution in [2.24, 2.45) is 0 Å². The van der Waals surface area contributed by atoms with Crippen LogP contribution in [0.5, 0.6) is 5.75 Å². The number of anilines is 1. The summed E-state index contributed by atoms with van der Waals surface area (Å²) in [6.45, 7) is 7.41. The highest BCUT2D eigenvalue weighted by atomic mass is 35.5. The summed E-state index contributed by atoms with van der Waals surface area (Å²) in [5, 5.41) is 7.78. The van der Waals surface area contributed by atoms with E-state index in [9.17, 15) is 0 Å². The molecule has 1 aliphatic rings. The van der Waals surface area contributed by atoms with Crippen LogP contribution in [-0.4, -0.2) is 58.8 Å². The van der Waals surface area contributed by atoms with Crippen LogP contribution in [0.4, 0.5) is 5.82 Å². The van der Waals surface area contributed by atoms with Crippen LogP contribution in [0.2, 0.25) is 5.02 Å². The maximum absolute atomic E-state index is 6.48. The van der Waals surface area contributed by atoms with Gasteiger partial charge < -0.3 is 9.64 Å². The van der Waals surface area contributed by atoms with E-state index in [1.165, 1.54) is 5.39 Å². The molecule has 3 heterocycles. The maximum atomic E-state index is 6.48. The molecule has 1 saturated heterocycles. The lowest BCUT2D eigenvalue weighted by molar-refractivity contribution is 0.201. The SMILES string of the molecule is Cc1cc(N2CCN(CCOc3cccc4ccccc34)CC2)n2ncc(-c3ccccc3Cl)c2n1. The first-order valence-electron chi connectivity index (χ1n) is 12.4. The summed E-state index contributed by atoms with van der Waals surface area (Å²) in [6, 6.07) is 24.6. The first-order valence-corrected chi connectivity index (χ1v) is 12.7. The fourth-order valence-corrected chi connectivity index (χ4v) is 5.20. The van der Waals surface area contributed by atoms with Crippen molar-refractivity contribution >= 4 is 33.8 Å². The van der Waals surface area contributed by atoms with Gasteiger partial charge in [0.1, 0.15) is 18.2 Å². The Morgan fingerprint density at radius 3 is 2.53 bits per heavy atom. The average Bonchev–Trinajstić information content (AvgIpc) is 3.32. The number of aryl methyl sites for hydroxylation is 1. The van der Waals surface area contributed by atoms with E-state index >= 15 is 0 Å². The van der Waals surface area contributed by atoms with Crippen molar-refractivity contribution in [1.29, 1.82) is 0 Å². The molecule has 1 fully saturated rings. The fraction of sp³-hybridized carbons (Fsp3) is 0.241. The summed E-state index contributed by atoms with van der Waals surface area (Å²) in [7, 11) is 0. The normalized spacial score (nSPS) is 14.6. The summed E-state index contributed by atoms with van der Waals surface area (Å²) in [5.74, 6) is 2.02. The summed E-state index contributed by atoms with van der Waals surface area (Å²) in [5.41, 5.74) is 3.71. The molecule has 0 saturated carbocycles. The van der Waals surface area contributed by atoms with Crippen molar-refractivity contribution in [3.8, 4) is 16.9 Å². The molecule has 3 aromatic carbocycles. The molecule has 182 valence electrons. The van der Waals surface area contributed by atoms with Crippen molar-refractivity contribution in [3.05, 3.63) is 89.7 Å².